The third-order valence-electron chi connectivity index (χ3n) is 3.09. The smallest absolute Gasteiger partial charge is 0.120 e. The van der Waals surface area contributed by atoms with Crippen molar-refractivity contribution < 1.29 is 9.53 Å². The lowest BCUT2D eigenvalue weighted by atomic mass is 9.92. The number of ether oxygens (including phenoxy) is 1. The Kier molecular flexibility index (Phi) is 3.88. The number of methoxy groups -OCH3 is 1. The summed E-state index contributed by atoms with van der Waals surface area (Å²) in [5, 5.41) is 0. The average Bonchev–Trinajstić information content (AvgIpc) is 2.46. The molecule has 0 aromatic heterocycles. The van der Waals surface area contributed by atoms with Crippen LogP contribution < -0.4 is 0 Å². The van der Waals surface area contributed by atoms with Gasteiger partial charge < -0.3 is 9.53 Å². The number of aldehydes is 1. The lowest BCUT2D eigenvalue weighted by molar-refractivity contribution is -0.108. The van der Waals surface area contributed by atoms with E-state index in [1.807, 2.05) is 0 Å². The molecule has 1 atom stereocenters. The van der Waals surface area contributed by atoms with Crippen molar-refractivity contribution in [1.82, 2.24) is 4.90 Å². The first kappa shape index (κ1) is 10.7. The number of likely N-dealkylation sites (N-methyl/N-ethyl adjacent to an activating group) is 1. The van der Waals surface area contributed by atoms with E-state index in [0.717, 1.165) is 32.3 Å². The van der Waals surface area contributed by atoms with E-state index < -0.39 is 0 Å². The first-order valence-electron chi connectivity index (χ1n) is 4.89. The highest BCUT2D eigenvalue weighted by Gasteiger charge is 2.37. The van der Waals surface area contributed by atoms with Crippen LogP contribution in [0.2, 0.25) is 0 Å². The Hall–Kier alpha value is -0.410. The van der Waals surface area contributed by atoms with Crippen LogP contribution in [0.1, 0.15) is 25.7 Å². The highest BCUT2D eigenvalue weighted by atomic mass is 16.5. The molecule has 1 aliphatic rings. The van der Waals surface area contributed by atoms with Crippen molar-refractivity contribution in [1.29, 1.82) is 0 Å². The summed E-state index contributed by atoms with van der Waals surface area (Å²) in [6.45, 7) is 1.87. The van der Waals surface area contributed by atoms with Gasteiger partial charge in [-0.1, -0.05) is 0 Å². The molecule has 1 aliphatic heterocycles. The highest BCUT2D eigenvalue weighted by Crippen LogP contribution is 2.31. The molecule has 0 radical (unpaired) electrons. The second-order valence-corrected chi connectivity index (χ2v) is 3.89. The Balaban J connectivity index is 2.56. The summed E-state index contributed by atoms with van der Waals surface area (Å²) >= 11 is 0. The topological polar surface area (TPSA) is 29.5 Å². The first-order valence-corrected chi connectivity index (χ1v) is 4.89. The zero-order valence-electron chi connectivity index (χ0n) is 8.58. The number of hydrogen-bond donors (Lipinski definition) is 0. The molecular weight excluding hydrogens is 166 g/mol. The molecule has 0 aromatic carbocycles. The van der Waals surface area contributed by atoms with Crippen molar-refractivity contribution in [3.05, 3.63) is 0 Å². The van der Waals surface area contributed by atoms with Gasteiger partial charge in [-0.3, -0.25) is 4.90 Å². The molecular formula is C10H19NO2. The Bertz CT molecular complexity index is 172. The standard InChI is InChI=1S/C10H19NO2/c1-11-7-3-5-10(11,9-13-2)6-4-8-12/h8H,3-7,9H2,1-2H3. The zero-order chi connectivity index (χ0) is 9.73. The van der Waals surface area contributed by atoms with Gasteiger partial charge in [0.05, 0.1) is 6.61 Å². The molecule has 1 saturated heterocycles. The number of hydrogen-bond acceptors (Lipinski definition) is 3. The van der Waals surface area contributed by atoms with Gasteiger partial charge in [0, 0.05) is 19.1 Å². The zero-order valence-corrected chi connectivity index (χ0v) is 8.58. The molecule has 13 heavy (non-hydrogen) atoms. The van der Waals surface area contributed by atoms with Crippen molar-refractivity contribution >= 4 is 6.29 Å². The van der Waals surface area contributed by atoms with Gasteiger partial charge in [0.25, 0.3) is 0 Å². The molecule has 1 unspecified atom stereocenters. The minimum absolute atomic E-state index is 0.135. The van der Waals surface area contributed by atoms with E-state index in [4.69, 9.17) is 4.74 Å². The van der Waals surface area contributed by atoms with E-state index in [1.165, 1.54) is 6.42 Å². The number of likely N-dealkylation sites (tertiary alicyclic amines) is 1. The summed E-state index contributed by atoms with van der Waals surface area (Å²) in [5.74, 6) is 0. The SMILES string of the molecule is COCC1(CCC=O)CCCN1C. The number of nitrogens with zero attached hydrogens (tertiary/aromatic N) is 1. The normalized spacial score (nSPS) is 29.4. The maximum absolute atomic E-state index is 10.4. The van der Waals surface area contributed by atoms with Gasteiger partial charge in [0.15, 0.2) is 0 Å². The quantitative estimate of drug-likeness (QED) is 0.600. The van der Waals surface area contributed by atoms with Crippen molar-refractivity contribution in [2.75, 3.05) is 27.3 Å². The monoisotopic (exact) mass is 185 g/mol. The third-order valence-corrected chi connectivity index (χ3v) is 3.09. The van der Waals surface area contributed by atoms with E-state index in [1.54, 1.807) is 7.11 Å². The largest absolute Gasteiger partial charge is 0.383 e. The van der Waals surface area contributed by atoms with Crippen LogP contribution in [0.25, 0.3) is 0 Å². The van der Waals surface area contributed by atoms with E-state index >= 15 is 0 Å². The fourth-order valence-corrected chi connectivity index (χ4v) is 2.24. The summed E-state index contributed by atoms with van der Waals surface area (Å²) < 4.78 is 5.24. The predicted molar refractivity (Wildman–Crippen MR) is 51.8 cm³/mol. The second-order valence-electron chi connectivity index (χ2n) is 3.89. The lowest BCUT2D eigenvalue weighted by Gasteiger charge is -2.35. The maximum Gasteiger partial charge on any atom is 0.120 e. The Morgan fingerprint density at radius 2 is 2.38 bits per heavy atom. The summed E-state index contributed by atoms with van der Waals surface area (Å²) in [5.41, 5.74) is 0.135. The van der Waals surface area contributed by atoms with Gasteiger partial charge in [-0.05, 0) is 32.9 Å². The van der Waals surface area contributed by atoms with Gasteiger partial charge in [-0.2, -0.15) is 0 Å². The molecule has 0 amide bonds. The highest BCUT2D eigenvalue weighted by molar-refractivity contribution is 5.49. The molecule has 1 fully saturated rings. The van der Waals surface area contributed by atoms with Crippen LogP contribution in [0.4, 0.5) is 0 Å². The van der Waals surface area contributed by atoms with Crippen LogP contribution in [0.15, 0.2) is 0 Å². The fourth-order valence-electron chi connectivity index (χ4n) is 2.24. The molecule has 0 aromatic rings. The molecule has 0 bridgehead atoms. The summed E-state index contributed by atoms with van der Waals surface area (Å²) in [6.07, 6.45) is 4.96. The molecule has 3 nitrogen and oxygen atoms in total. The van der Waals surface area contributed by atoms with E-state index in [0.29, 0.717) is 6.42 Å². The molecule has 76 valence electrons. The minimum atomic E-state index is 0.135. The molecule has 1 heterocycles. The summed E-state index contributed by atoms with van der Waals surface area (Å²) in [6, 6.07) is 0. The van der Waals surface area contributed by atoms with Crippen molar-refractivity contribution in [2.45, 2.75) is 31.2 Å². The number of rotatable bonds is 5. The number of carbonyl (C=O) groups is 1. The van der Waals surface area contributed by atoms with Crippen LogP contribution in [0.5, 0.6) is 0 Å². The molecule has 0 aliphatic carbocycles. The van der Waals surface area contributed by atoms with Gasteiger partial charge in [0.1, 0.15) is 6.29 Å². The molecule has 0 N–H and O–H groups in total. The molecule has 0 saturated carbocycles. The van der Waals surface area contributed by atoms with Crippen LogP contribution in [-0.2, 0) is 9.53 Å². The van der Waals surface area contributed by atoms with E-state index in [9.17, 15) is 4.79 Å². The molecule has 3 heteroatoms. The fraction of sp³-hybridized carbons (Fsp3) is 0.900. The molecule has 0 spiro atoms. The Labute approximate surface area is 80.1 Å². The minimum Gasteiger partial charge on any atom is -0.383 e. The first-order chi connectivity index (χ1) is 6.25. The lowest BCUT2D eigenvalue weighted by Crippen LogP contribution is -2.45. The summed E-state index contributed by atoms with van der Waals surface area (Å²) in [4.78, 5) is 12.7. The van der Waals surface area contributed by atoms with Crippen molar-refractivity contribution in [2.24, 2.45) is 0 Å². The van der Waals surface area contributed by atoms with Crippen molar-refractivity contribution in [3.63, 3.8) is 0 Å². The van der Waals surface area contributed by atoms with Crippen molar-refractivity contribution in [3.8, 4) is 0 Å². The van der Waals surface area contributed by atoms with Crippen LogP contribution in [0.3, 0.4) is 0 Å². The third kappa shape index (κ3) is 2.29. The van der Waals surface area contributed by atoms with Gasteiger partial charge in [0.2, 0.25) is 0 Å². The van der Waals surface area contributed by atoms with E-state index in [2.05, 4.69) is 11.9 Å². The Morgan fingerprint density at radius 1 is 1.62 bits per heavy atom. The summed E-state index contributed by atoms with van der Waals surface area (Å²) in [7, 11) is 3.85. The average molecular weight is 185 g/mol. The van der Waals surface area contributed by atoms with Crippen LogP contribution in [0, 0.1) is 0 Å². The Morgan fingerprint density at radius 3 is 2.85 bits per heavy atom. The van der Waals surface area contributed by atoms with E-state index in [-0.39, 0.29) is 5.54 Å². The maximum atomic E-state index is 10.4. The van der Waals surface area contributed by atoms with Gasteiger partial charge >= 0.3 is 0 Å². The van der Waals surface area contributed by atoms with Crippen LogP contribution >= 0.6 is 0 Å². The number of carbonyl (C=O) groups excluding carboxylic acids is 1. The molecule has 1 rings (SSSR count). The van der Waals surface area contributed by atoms with Gasteiger partial charge in [-0.15, -0.1) is 0 Å². The van der Waals surface area contributed by atoms with Crippen LogP contribution in [-0.4, -0.2) is 44.0 Å². The van der Waals surface area contributed by atoms with Gasteiger partial charge in [-0.25, -0.2) is 0 Å². The predicted octanol–water partition coefficient (Wildman–Crippen LogP) is 1.08. The second kappa shape index (κ2) is 4.72.